The van der Waals surface area contributed by atoms with E-state index in [4.69, 9.17) is 10.2 Å². The minimum absolute atomic E-state index is 0.750. The van der Waals surface area contributed by atoms with E-state index in [2.05, 4.69) is 20.4 Å². The molecule has 0 aliphatic rings. The second kappa shape index (κ2) is 11.0. The topological polar surface area (TPSA) is 40.9 Å². The van der Waals surface area contributed by atoms with E-state index in [-0.39, 0.29) is 0 Å². The number of nitrogens with one attached hydrogen (secondary N) is 1. The summed E-state index contributed by atoms with van der Waals surface area (Å²) in [7, 11) is 0. The summed E-state index contributed by atoms with van der Waals surface area (Å²) < 4.78 is 0. The predicted molar refractivity (Wildman–Crippen MR) is 42.7 cm³/mol. The van der Waals surface area contributed by atoms with Crippen molar-refractivity contribution >= 4 is 6.08 Å². The Morgan fingerprint density at radius 1 is 1.70 bits per heavy atom. The third kappa shape index (κ3) is 27.4. The van der Waals surface area contributed by atoms with Crippen molar-refractivity contribution in [1.82, 2.24) is 0 Å². The fourth-order valence-electron chi connectivity index (χ4n) is 0.451. The summed E-state index contributed by atoms with van der Waals surface area (Å²) in [6.07, 6.45) is 5.17. The number of allylic oxidation sites excluding steroid dienone is 1. The Morgan fingerprint density at radius 3 is 2.20 bits per heavy atom. The highest BCUT2D eigenvalue weighted by molar-refractivity contribution is 5.26. The van der Waals surface area contributed by atoms with Gasteiger partial charge in [0.25, 0.3) is 0 Å². The molecule has 0 spiro atoms. The lowest BCUT2D eigenvalue weighted by Gasteiger charge is -1.96. The summed E-state index contributed by atoms with van der Waals surface area (Å²) in [6, 6.07) is 0. The molecule has 0 aromatic rings. The Hall–Kier alpha value is -0.880. The van der Waals surface area contributed by atoms with Gasteiger partial charge >= 0.3 is 0 Å². The van der Waals surface area contributed by atoms with E-state index in [1.165, 1.54) is 6.42 Å². The van der Waals surface area contributed by atoms with E-state index in [1.54, 1.807) is 0 Å². The SMILES string of the molecule is C=CCCC(C)C.N=C=O. The van der Waals surface area contributed by atoms with Gasteiger partial charge in [0.15, 0.2) is 0 Å². The fraction of sp³-hybridized carbons (Fsp3) is 0.625. The van der Waals surface area contributed by atoms with Gasteiger partial charge in [-0.1, -0.05) is 19.9 Å². The van der Waals surface area contributed by atoms with Gasteiger partial charge in [0.1, 0.15) is 0 Å². The summed E-state index contributed by atoms with van der Waals surface area (Å²) in [4.78, 5) is 8.35. The van der Waals surface area contributed by atoms with Crippen LogP contribution in [0.3, 0.4) is 0 Å². The molecule has 10 heavy (non-hydrogen) atoms. The molecule has 0 bridgehead atoms. The molecule has 2 nitrogen and oxygen atoms in total. The van der Waals surface area contributed by atoms with Gasteiger partial charge in [-0.25, -0.2) is 10.2 Å². The van der Waals surface area contributed by atoms with Crippen LogP contribution in [0, 0.1) is 11.3 Å². The average Bonchev–Trinajstić information content (AvgIpc) is 1.85. The molecule has 0 saturated heterocycles. The third-order valence-corrected chi connectivity index (χ3v) is 0.948. The second-order valence-corrected chi connectivity index (χ2v) is 2.36. The normalized spacial score (nSPS) is 7.50. The molecule has 58 valence electrons. The number of rotatable bonds is 3. The van der Waals surface area contributed by atoms with Crippen molar-refractivity contribution in [2.24, 2.45) is 5.92 Å². The van der Waals surface area contributed by atoms with Crippen LogP contribution in [0.5, 0.6) is 0 Å². The molecule has 0 unspecified atom stereocenters. The number of hydrogen-bond acceptors (Lipinski definition) is 2. The Bertz CT molecular complexity index is 102. The summed E-state index contributed by atoms with van der Waals surface area (Å²) in [5.74, 6) is 0.831. The first kappa shape index (κ1) is 11.9. The summed E-state index contributed by atoms with van der Waals surface area (Å²) in [5.41, 5.74) is 0. The van der Waals surface area contributed by atoms with Crippen molar-refractivity contribution in [2.45, 2.75) is 26.7 Å². The first-order valence-electron chi connectivity index (χ1n) is 3.33. The lowest BCUT2D eigenvalue weighted by atomic mass is 10.1. The molecule has 2 heteroatoms. The van der Waals surface area contributed by atoms with Gasteiger partial charge < -0.3 is 0 Å². The Balaban J connectivity index is 0. The highest BCUT2D eigenvalue weighted by Crippen LogP contribution is 2.02. The molecule has 0 rings (SSSR count). The maximum atomic E-state index is 8.35. The van der Waals surface area contributed by atoms with Gasteiger partial charge in [-0.2, -0.15) is 0 Å². The highest BCUT2D eigenvalue weighted by Gasteiger charge is 1.87. The van der Waals surface area contributed by atoms with Crippen molar-refractivity contribution < 1.29 is 4.79 Å². The molecule has 0 aromatic heterocycles. The Morgan fingerprint density at radius 2 is 2.10 bits per heavy atom. The van der Waals surface area contributed by atoms with Crippen molar-refractivity contribution in [3.05, 3.63) is 12.7 Å². The fourth-order valence-corrected chi connectivity index (χ4v) is 0.451. The molecular formula is C8H15NO. The van der Waals surface area contributed by atoms with Gasteiger partial charge in [-0.15, -0.1) is 6.58 Å². The van der Waals surface area contributed by atoms with Crippen molar-refractivity contribution in [3.63, 3.8) is 0 Å². The quantitative estimate of drug-likeness (QED) is 0.366. The van der Waals surface area contributed by atoms with Crippen LogP contribution >= 0.6 is 0 Å². The van der Waals surface area contributed by atoms with Crippen LogP contribution in [0.1, 0.15) is 26.7 Å². The minimum atomic E-state index is 0.750. The zero-order valence-corrected chi connectivity index (χ0v) is 6.68. The molecule has 0 aliphatic carbocycles. The monoisotopic (exact) mass is 141 g/mol. The van der Waals surface area contributed by atoms with Crippen LogP contribution in [-0.4, -0.2) is 6.08 Å². The molecule has 1 N–H and O–H groups in total. The third-order valence-electron chi connectivity index (χ3n) is 0.948. The van der Waals surface area contributed by atoms with Gasteiger partial charge in [-0.3, -0.25) is 0 Å². The van der Waals surface area contributed by atoms with E-state index >= 15 is 0 Å². The summed E-state index contributed by atoms with van der Waals surface area (Å²) in [5, 5.41) is 5.40. The Labute approximate surface area is 62.5 Å². The van der Waals surface area contributed by atoms with Crippen LogP contribution in [0.2, 0.25) is 0 Å². The first-order valence-corrected chi connectivity index (χ1v) is 3.33. The summed E-state index contributed by atoms with van der Waals surface area (Å²) in [6.45, 7) is 8.08. The van der Waals surface area contributed by atoms with Crippen LogP contribution in [0.15, 0.2) is 12.7 Å². The second-order valence-electron chi connectivity index (χ2n) is 2.36. The van der Waals surface area contributed by atoms with Crippen LogP contribution in [0.4, 0.5) is 0 Å². The zero-order valence-electron chi connectivity index (χ0n) is 6.68. The molecule has 0 radical (unpaired) electrons. The van der Waals surface area contributed by atoms with E-state index < -0.39 is 0 Å². The van der Waals surface area contributed by atoms with Gasteiger partial charge in [-0.05, 0) is 18.8 Å². The van der Waals surface area contributed by atoms with Crippen LogP contribution in [0.25, 0.3) is 0 Å². The number of hydrogen-bond donors (Lipinski definition) is 1. The lowest BCUT2D eigenvalue weighted by molar-refractivity contribution is 0.563. The zero-order chi connectivity index (χ0) is 8.41. The van der Waals surface area contributed by atoms with Gasteiger partial charge in [0.2, 0.25) is 6.08 Å². The molecular weight excluding hydrogens is 126 g/mol. The van der Waals surface area contributed by atoms with E-state index in [1.807, 2.05) is 6.08 Å². The lowest BCUT2D eigenvalue weighted by Crippen LogP contribution is -1.82. The average molecular weight is 141 g/mol. The highest BCUT2D eigenvalue weighted by atomic mass is 16.1. The maximum absolute atomic E-state index is 8.35. The van der Waals surface area contributed by atoms with Crippen molar-refractivity contribution in [2.75, 3.05) is 0 Å². The molecule has 0 fully saturated rings. The smallest absolute Gasteiger partial charge is 0.222 e. The predicted octanol–water partition coefficient (Wildman–Crippen LogP) is 2.51. The number of isocyanates is 1. The van der Waals surface area contributed by atoms with E-state index in [9.17, 15) is 0 Å². The summed E-state index contributed by atoms with van der Waals surface area (Å²) >= 11 is 0. The van der Waals surface area contributed by atoms with Crippen molar-refractivity contribution in [1.29, 1.82) is 5.41 Å². The largest absolute Gasteiger partial charge is 0.231 e. The molecule has 0 heterocycles. The molecule has 0 aromatic carbocycles. The minimum Gasteiger partial charge on any atom is -0.222 e. The first-order chi connectivity index (χ1) is 4.68. The van der Waals surface area contributed by atoms with E-state index in [0.717, 1.165) is 18.4 Å². The maximum Gasteiger partial charge on any atom is 0.231 e. The van der Waals surface area contributed by atoms with Crippen LogP contribution < -0.4 is 0 Å². The van der Waals surface area contributed by atoms with Crippen LogP contribution in [-0.2, 0) is 4.79 Å². The van der Waals surface area contributed by atoms with Gasteiger partial charge in [0.05, 0.1) is 0 Å². The molecule has 0 atom stereocenters. The van der Waals surface area contributed by atoms with Gasteiger partial charge in [0, 0.05) is 0 Å². The number of carbonyl (C=O) groups excluding carboxylic acids is 1. The molecule has 0 aliphatic heterocycles. The van der Waals surface area contributed by atoms with E-state index in [0.29, 0.717) is 0 Å². The van der Waals surface area contributed by atoms with Crippen molar-refractivity contribution in [3.8, 4) is 0 Å². The molecule has 0 amide bonds. The standard InChI is InChI=1S/C7H14.CHNO/c1-4-5-6-7(2)3;2-1-3/h4,7H,1,5-6H2,2-3H3;2H. The Kier molecular flexibility index (Phi) is 13.0. The molecule has 0 saturated carbocycles.